The number of hydrogen-bond donors (Lipinski definition) is 0. The molecular weight excluding hydrogens is 533 g/mol. The van der Waals surface area contributed by atoms with Gasteiger partial charge in [0.15, 0.2) is 12.1 Å². The number of hydrogen-bond acceptors (Lipinski definition) is 8. The Balaban J connectivity index is 2.89. The number of amides is 1. The second-order valence-electron chi connectivity index (χ2n) is 9.22. The van der Waals surface area contributed by atoms with Gasteiger partial charge in [-0.25, -0.2) is 9.59 Å². The smallest absolute Gasteiger partial charge is 0.471 e. The molecule has 9 nitrogen and oxygen atoms in total. The predicted molar refractivity (Wildman–Crippen MR) is 143 cm³/mol. The quantitative estimate of drug-likeness (QED) is 0.338. The number of nitrogens with zero attached hydrogens (tertiary/aromatic N) is 2. The maximum atomic E-state index is 14.1. The zero-order valence-corrected chi connectivity index (χ0v) is 23.5. The van der Waals surface area contributed by atoms with Crippen LogP contribution in [0.5, 0.6) is 11.5 Å². The van der Waals surface area contributed by atoms with Crippen LogP contribution in [0, 0.1) is 0 Å². The van der Waals surface area contributed by atoms with Crippen LogP contribution in [0.25, 0.3) is 0 Å². The molecule has 0 aliphatic heterocycles. The molecule has 2 atom stereocenters. The first kappa shape index (κ1) is 32.3. The second-order valence-corrected chi connectivity index (χ2v) is 9.22. The molecule has 2 aromatic rings. The topological polar surface area (TPSA) is 94.6 Å². The van der Waals surface area contributed by atoms with Gasteiger partial charge >= 0.3 is 24.0 Å². The molecule has 0 bridgehead atoms. The Kier molecular flexibility index (Phi) is 11.2. The molecule has 0 heterocycles. The molecule has 0 N–H and O–H groups in total. The van der Waals surface area contributed by atoms with E-state index in [9.17, 15) is 27.6 Å². The summed E-state index contributed by atoms with van der Waals surface area (Å²) in [6, 6.07) is 7.54. The summed E-state index contributed by atoms with van der Waals surface area (Å²) >= 11 is 0. The van der Waals surface area contributed by atoms with E-state index in [2.05, 4.69) is 0 Å². The van der Waals surface area contributed by atoms with Crippen LogP contribution in [0.1, 0.15) is 34.6 Å². The lowest BCUT2D eigenvalue weighted by Gasteiger charge is -2.40. The molecule has 0 radical (unpaired) electrons. The summed E-state index contributed by atoms with van der Waals surface area (Å²) in [4.78, 5) is 41.9. The van der Waals surface area contributed by atoms with E-state index in [1.807, 2.05) is 0 Å². The molecule has 0 saturated heterocycles. The zero-order chi connectivity index (χ0) is 30.2. The number of carbonyl (C=O) groups is 3. The van der Waals surface area contributed by atoms with Gasteiger partial charge in [0.2, 0.25) is 0 Å². The maximum Gasteiger partial charge on any atom is 0.471 e. The van der Waals surface area contributed by atoms with Crippen LogP contribution in [0.3, 0.4) is 0 Å². The minimum absolute atomic E-state index is 0.0479. The van der Waals surface area contributed by atoms with Crippen molar-refractivity contribution in [3.8, 4) is 11.5 Å². The molecule has 0 aliphatic rings. The largest absolute Gasteiger partial charge is 0.497 e. The zero-order valence-electron chi connectivity index (χ0n) is 23.5. The second kappa shape index (κ2) is 13.9. The van der Waals surface area contributed by atoms with Crippen molar-refractivity contribution in [3.05, 3.63) is 48.5 Å². The number of carbonyl (C=O) groups excluding carboxylic acids is 3. The Hall–Kier alpha value is -3.96. The van der Waals surface area contributed by atoms with Gasteiger partial charge in [-0.15, -0.1) is 0 Å². The van der Waals surface area contributed by atoms with E-state index in [4.69, 9.17) is 18.9 Å². The van der Waals surface area contributed by atoms with Gasteiger partial charge in [-0.1, -0.05) is 0 Å². The Labute approximate surface area is 231 Å². The number of halogens is 3. The van der Waals surface area contributed by atoms with Crippen LogP contribution in [0.4, 0.5) is 24.5 Å². The molecule has 1 amide bonds. The van der Waals surface area contributed by atoms with Crippen molar-refractivity contribution in [1.29, 1.82) is 0 Å². The first-order valence-corrected chi connectivity index (χ1v) is 12.6. The highest BCUT2D eigenvalue weighted by atomic mass is 19.4. The standard InChI is InChI=1S/C28H35F3N2O7/c1-8-32(19-9-13-21(37-6)14-10-19)23(25(34)39-17(2)3)24(26(35)40-18(4)5)33(27(36)28(29,30)31)20-11-15-22(38-7)16-12-20/h9-18,23-24H,8H2,1-7H3. The summed E-state index contributed by atoms with van der Waals surface area (Å²) in [6.07, 6.45) is -6.86. The number of ether oxygens (including phenoxy) is 4. The van der Waals surface area contributed by atoms with Gasteiger partial charge in [0, 0.05) is 17.9 Å². The molecule has 0 spiro atoms. The fourth-order valence-electron chi connectivity index (χ4n) is 4.00. The molecule has 12 heteroatoms. The minimum atomic E-state index is -5.40. The van der Waals surface area contributed by atoms with Crippen LogP contribution in [0.2, 0.25) is 0 Å². The number of rotatable bonds is 12. The highest BCUT2D eigenvalue weighted by Crippen LogP contribution is 2.32. The first-order valence-electron chi connectivity index (χ1n) is 12.6. The van der Waals surface area contributed by atoms with Crippen molar-refractivity contribution in [2.24, 2.45) is 0 Å². The van der Waals surface area contributed by atoms with Crippen LogP contribution in [0.15, 0.2) is 48.5 Å². The Morgan fingerprint density at radius 3 is 1.48 bits per heavy atom. The third kappa shape index (κ3) is 8.03. The normalized spacial score (nSPS) is 12.9. The van der Waals surface area contributed by atoms with E-state index in [0.29, 0.717) is 17.2 Å². The summed E-state index contributed by atoms with van der Waals surface area (Å²) < 4.78 is 63.3. The highest BCUT2D eigenvalue weighted by molar-refractivity contribution is 6.05. The van der Waals surface area contributed by atoms with Crippen molar-refractivity contribution >= 4 is 29.2 Å². The van der Waals surface area contributed by atoms with Crippen molar-refractivity contribution < 1.29 is 46.5 Å². The Morgan fingerprint density at radius 1 is 0.725 bits per heavy atom. The van der Waals surface area contributed by atoms with E-state index in [-0.39, 0.29) is 17.1 Å². The number of benzene rings is 2. The molecule has 0 aliphatic carbocycles. The van der Waals surface area contributed by atoms with Crippen LogP contribution in [-0.2, 0) is 23.9 Å². The van der Waals surface area contributed by atoms with Crippen LogP contribution < -0.4 is 19.3 Å². The fourth-order valence-corrected chi connectivity index (χ4v) is 4.00. The van der Waals surface area contributed by atoms with E-state index in [1.165, 1.54) is 57.2 Å². The monoisotopic (exact) mass is 568 g/mol. The van der Waals surface area contributed by atoms with E-state index < -0.39 is 48.3 Å². The molecule has 40 heavy (non-hydrogen) atoms. The lowest BCUT2D eigenvalue weighted by Crippen LogP contribution is -2.64. The number of alkyl halides is 3. The summed E-state index contributed by atoms with van der Waals surface area (Å²) in [6.45, 7) is 7.81. The van der Waals surface area contributed by atoms with Crippen LogP contribution >= 0.6 is 0 Å². The lowest BCUT2D eigenvalue weighted by molar-refractivity contribution is -0.173. The third-order valence-electron chi connectivity index (χ3n) is 5.66. The average Bonchev–Trinajstić information content (AvgIpc) is 2.89. The van der Waals surface area contributed by atoms with Gasteiger partial charge in [0.25, 0.3) is 0 Å². The molecule has 220 valence electrons. The van der Waals surface area contributed by atoms with Crippen LogP contribution in [-0.4, -0.2) is 69.1 Å². The van der Waals surface area contributed by atoms with Crippen molar-refractivity contribution in [2.45, 2.75) is 65.1 Å². The van der Waals surface area contributed by atoms with Crippen molar-refractivity contribution in [3.63, 3.8) is 0 Å². The number of esters is 2. The number of methoxy groups -OCH3 is 2. The molecule has 2 aromatic carbocycles. The average molecular weight is 569 g/mol. The molecular formula is C28H35F3N2O7. The van der Waals surface area contributed by atoms with E-state index in [1.54, 1.807) is 45.0 Å². The van der Waals surface area contributed by atoms with Crippen molar-refractivity contribution in [2.75, 3.05) is 30.6 Å². The van der Waals surface area contributed by atoms with Crippen molar-refractivity contribution in [1.82, 2.24) is 0 Å². The minimum Gasteiger partial charge on any atom is -0.497 e. The highest BCUT2D eigenvalue weighted by Gasteiger charge is 2.53. The van der Waals surface area contributed by atoms with Gasteiger partial charge < -0.3 is 23.8 Å². The third-order valence-corrected chi connectivity index (χ3v) is 5.66. The Bertz CT molecular complexity index is 1140. The Morgan fingerprint density at radius 2 is 1.12 bits per heavy atom. The van der Waals surface area contributed by atoms with E-state index >= 15 is 0 Å². The molecule has 0 fully saturated rings. The summed E-state index contributed by atoms with van der Waals surface area (Å²) in [5.74, 6) is -3.82. The SMILES string of the molecule is CCN(c1ccc(OC)cc1)C(C(=O)OC(C)C)C(C(=O)OC(C)C)N(C(=O)C(F)(F)F)c1ccc(OC)cc1. The predicted octanol–water partition coefficient (Wildman–Crippen LogP) is 4.77. The number of likely N-dealkylation sites (N-methyl/N-ethyl adjacent to an activating group) is 1. The van der Waals surface area contributed by atoms with E-state index in [0.717, 1.165) is 0 Å². The lowest BCUT2D eigenvalue weighted by atomic mass is 10.0. The van der Waals surface area contributed by atoms with Gasteiger partial charge in [0.1, 0.15) is 11.5 Å². The fraction of sp³-hybridized carbons (Fsp3) is 0.464. The molecule has 2 unspecified atom stereocenters. The van der Waals surface area contributed by atoms with Gasteiger partial charge in [-0.3, -0.25) is 9.69 Å². The summed E-state index contributed by atoms with van der Waals surface area (Å²) in [7, 11) is 2.82. The van der Waals surface area contributed by atoms with Gasteiger partial charge in [-0.05, 0) is 83.1 Å². The molecule has 0 aromatic heterocycles. The summed E-state index contributed by atoms with van der Waals surface area (Å²) in [5, 5.41) is 0. The van der Waals surface area contributed by atoms with Gasteiger partial charge in [0.05, 0.1) is 26.4 Å². The molecule has 2 rings (SSSR count). The molecule has 0 saturated carbocycles. The summed E-state index contributed by atoms with van der Waals surface area (Å²) in [5.41, 5.74) is 0.0625. The maximum absolute atomic E-state index is 14.1. The van der Waals surface area contributed by atoms with Gasteiger partial charge in [-0.2, -0.15) is 13.2 Å². The first-order chi connectivity index (χ1) is 18.7. The number of anilines is 2.